The van der Waals surface area contributed by atoms with Crippen LogP contribution in [0, 0.1) is 0 Å². The quantitative estimate of drug-likeness (QED) is 0.885. The molecule has 0 radical (unpaired) electrons. The lowest BCUT2D eigenvalue weighted by Gasteiger charge is -2.38. The van der Waals surface area contributed by atoms with Crippen LogP contribution in [-0.4, -0.2) is 43.2 Å². The molecule has 2 atom stereocenters. The number of thiophene rings is 1. The van der Waals surface area contributed by atoms with Crippen LogP contribution in [0.3, 0.4) is 0 Å². The lowest BCUT2D eigenvalue weighted by Crippen LogP contribution is -2.51. The van der Waals surface area contributed by atoms with Gasteiger partial charge in [-0.3, -0.25) is 4.79 Å². The van der Waals surface area contributed by atoms with E-state index >= 15 is 0 Å². The molecule has 2 N–H and O–H groups in total. The van der Waals surface area contributed by atoms with Crippen LogP contribution in [0.5, 0.6) is 0 Å². The second-order valence-corrected chi connectivity index (χ2v) is 5.06. The monoisotopic (exact) mass is 254 g/mol. The predicted octanol–water partition coefficient (Wildman–Crippen LogP) is 1.33. The molecule has 0 aliphatic carbocycles. The maximum absolute atomic E-state index is 12.3. The van der Waals surface area contributed by atoms with E-state index in [1.807, 2.05) is 21.7 Å². The SMILES string of the molecule is CO[C@@H]1CCN(C(=O)c2ccsc2)[C@H](CN)C1. The third-order valence-electron chi connectivity index (χ3n) is 3.30. The summed E-state index contributed by atoms with van der Waals surface area (Å²) in [7, 11) is 1.72. The van der Waals surface area contributed by atoms with Crippen molar-refractivity contribution in [3.05, 3.63) is 22.4 Å². The molecule has 0 bridgehead atoms. The van der Waals surface area contributed by atoms with E-state index in [2.05, 4.69) is 0 Å². The molecule has 94 valence electrons. The van der Waals surface area contributed by atoms with E-state index in [1.165, 1.54) is 0 Å². The summed E-state index contributed by atoms with van der Waals surface area (Å²) < 4.78 is 5.35. The Morgan fingerprint density at radius 2 is 2.53 bits per heavy atom. The Kier molecular flexibility index (Phi) is 4.15. The molecule has 1 amide bonds. The number of amides is 1. The topological polar surface area (TPSA) is 55.6 Å². The van der Waals surface area contributed by atoms with Gasteiger partial charge in [-0.05, 0) is 24.3 Å². The van der Waals surface area contributed by atoms with Crippen molar-refractivity contribution in [3.8, 4) is 0 Å². The van der Waals surface area contributed by atoms with Gasteiger partial charge in [-0.2, -0.15) is 11.3 Å². The molecule has 1 saturated heterocycles. The lowest BCUT2D eigenvalue weighted by molar-refractivity contribution is 0.0139. The molecule has 0 spiro atoms. The number of carbonyl (C=O) groups excluding carboxylic acids is 1. The molecular weight excluding hydrogens is 236 g/mol. The Hall–Kier alpha value is -0.910. The third kappa shape index (κ3) is 2.68. The van der Waals surface area contributed by atoms with Crippen molar-refractivity contribution in [2.75, 3.05) is 20.2 Å². The number of hydrogen-bond donors (Lipinski definition) is 1. The number of piperidine rings is 1. The molecule has 17 heavy (non-hydrogen) atoms. The maximum atomic E-state index is 12.3. The van der Waals surface area contributed by atoms with Gasteiger partial charge in [-0.25, -0.2) is 0 Å². The van der Waals surface area contributed by atoms with Crippen molar-refractivity contribution in [1.29, 1.82) is 0 Å². The summed E-state index contributed by atoms with van der Waals surface area (Å²) in [4.78, 5) is 14.1. The summed E-state index contributed by atoms with van der Waals surface area (Å²) in [5.74, 6) is 0.0938. The Morgan fingerprint density at radius 1 is 1.71 bits per heavy atom. The number of nitrogens with zero attached hydrogens (tertiary/aromatic N) is 1. The van der Waals surface area contributed by atoms with Gasteiger partial charge in [0.1, 0.15) is 0 Å². The van der Waals surface area contributed by atoms with Gasteiger partial charge in [-0.15, -0.1) is 0 Å². The second kappa shape index (κ2) is 5.62. The first kappa shape index (κ1) is 12.5. The summed E-state index contributed by atoms with van der Waals surface area (Å²) >= 11 is 1.54. The molecule has 1 aromatic heterocycles. The van der Waals surface area contributed by atoms with Crippen molar-refractivity contribution in [2.24, 2.45) is 5.73 Å². The fourth-order valence-electron chi connectivity index (χ4n) is 2.27. The summed E-state index contributed by atoms with van der Waals surface area (Å²) in [6.45, 7) is 1.23. The molecule has 0 unspecified atom stereocenters. The van der Waals surface area contributed by atoms with Crippen molar-refractivity contribution in [1.82, 2.24) is 4.90 Å². The minimum absolute atomic E-state index is 0.0938. The smallest absolute Gasteiger partial charge is 0.254 e. The van der Waals surface area contributed by atoms with E-state index in [4.69, 9.17) is 10.5 Å². The van der Waals surface area contributed by atoms with Crippen molar-refractivity contribution in [3.63, 3.8) is 0 Å². The van der Waals surface area contributed by atoms with Gasteiger partial charge >= 0.3 is 0 Å². The molecule has 4 nitrogen and oxygen atoms in total. The number of hydrogen-bond acceptors (Lipinski definition) is 4. The van der Waals surface area contributed by atoms with E-state index in [0.717, 1.165) is 24.9 Å². The van der Waals surface area contributed by atoms with Crippen LogP contribution in [-0.2, 0) is 4.74 Å². The van der Waals surface area contributed by atoms with Gasteiger partial charge in [0, 0.05) is 31.6 Å². The number of nitrogens with two attached hydrogens (primary N) is 1. The maximum Gasteiger partial charge on any atom is 0.254 e. The van der Waals surface area contributed by atoms with Gasteiger partial charge in [0.05, 0.1) is 11.7 Å². The highest BCUT2D eigenvalue weighted by Crippen LogP contribution is 2.22. The van der Waals surface area contributed by atoms with E-state index in [-0.39, 0.29) is 18.1 Å². The number of likely N-dealkylation sites (tertiary alicyclic amines) is 1. The van der Waals surface area contributed by atoms with Gasteiger partial charge < -0.3 is 15.4 Å². The number of ether oxygens (including phenoxy) is 1. The zero-order valence-corrected chi connectivity index (χ0v) is 10.8. The summed E-state index contributed by atoms with van der Waals surface area (Å²) in [6, 6.07) is 1.96. The standard InChI is InChI=1S/C12H18N2O2S/c1-16-11-2-4-14(10(6-11)7-13)12(15)9-3-5-17-8-9/h3,5,8,10-11H,2,4,6-7,13H2,1H3/t10-,11+/m0/s1. The molecule has 1 aliphatic rings. The fraction of sp³-hybridized carbons (Fsp3) is 0.583. The van der Waals surface area contributed by atoms with Gasteiger partial charge in [-0.1, -0.05) is 0 Å². The molecule has 1 fully saturated rings. The Morgan fingerprint density at radius 3 is 3.12 bits per heavy atom. The normalized spacial score (nSPS) is 24.9. The number of methoxy groups -OCH3 is 1. The van der Waals surface area contributed by atoms with E-state index in [0.29, 0.717) is 6.54 Å². The zero-order chi connectivity index (χ0) is 12.3. The Balaban J connectivity index is 2.07. The van der Waals surface area contributed by atoms with E-state index < -0.39 is 0 Å². The fourth-order valence-corrected chi connectivity index (χ4v) is 2.90. The van der Waals surface area contributed by atoms with Crippen LogP contribution in [0.2, 0.25) is 0 Å². The summed E-state index contributed by atoms with van der Waals surface area (Å²) in [5.41, 5.74) is 6.52. The molecule has 1 aromatic rings. The zero-order valence-electron chi connectivity index (χ0n) is 9.96. The van der Waals surface area contributed by atoms with Crippen LogP contribution >= 0.6 is 11.3 Å². The Labute approximate surface area is 105 Å². The molecule has 2 heterocycles. The third-order valence-corrected chi connectivity index (χ3v) is 3.99. The van der Waals surface area contributed by atoms with E-state index in [1.54, 1.807) is 18.4 Å². The highest BCUT2D eigenvalue weighted by molar-refractivity contribution is 7.08. The number of rotatable bonds is 3. The first-order valence-corrected chi connectivity index (χ1v) is 6.76. The van der Waals surface area contributed by atoms with Gasteiger partial charge in [0.15, 0.2) is 0 Å². The molecular formula is C12H18N2O2S. The van der Waals surface area contributed by atoms with Crippen molar-refractivity contribution in [2.45, 2.75) is 25.0 Å². The highest BCUT2D eigenvalue weighted by atomic mass is 32.1. The first-order chi connectivity index (χ1) is 8.26. The molecule has 0 aromatic carbocycles. The molecule has 5 heteroatoms. The second-order valence-electron chi connectivity index (χ2n) is 4.28. The average Bonchev–Trinajstić information content (AvgIpc) is 2.91. The number of carbonyl (C=O) groups is 1. The summed E-state index contributed by atoms with van der Waals surface area (Å²) in [6.07, 6.45) is 1.96. The van der Waals surface area contributed by atoms with Crippen LogP contribution in [0.25, 0.3) is 0 Å². The summed E-state index contributed by atoms with van der Waals surface area (Å²) in [5, 5.41) is 3.81. The largest absolute Gasteiger partial charge is 0.381 e. The molecule has 0 saturated carbocycles. The van der Waals surface area contributed by atoms with Crippen LogP contribution in [0.1, 0.15) is 23.2 Å². The Bertz CT molecular complexity index is 367. The molecule has 1 aliphatic heterocycles. The van der Waals surface area contributed by atoms with Gasteiger partial charge in [0.25, 0.3) is 5.91 Å². The average molecular weight is 254 g/mol. The molecule has 2 rings (SSSR count). The predicted molar refractivity (Wildman–Crippen MR) is 68.2 cm³/mol. The van der Waals surface area contributed by atoms with Crippen LogP contribution in [0.15, 0.2) is 16.8 Å². The minimum Gasteiger partial charge on any atom is -0.381 e. The van der Waals surface area contributed by atoms with E-state index in [9.17, 15) is 4.79 Å². The van der Waals surface area contributed by atoms with Crippen LogP contribution in [0.4, 0.5) is 0 Å². The van der Waals surface area contributed by atoms with Crippen molar-refractivity contribution < 1.29 is 9.53 Å². The minimum atomic E-state index is 0.0938. The first-order valence-electron chi connectivity index (χ1n) is 5.82. The lowest BCUT2D eigenvalue weighted by atomic mass is 9.98. The van der Waals surface area contributed by atoms with Gasteiger partial charge in [0.2, 0.25) is 0 Å². The van der Waals surface area contributed by atoms with Crippen molar-refractivity contribution >= 4 is 17.2 Å². The van der Waals surface area contributed by atoms with Crippen LogP contribution < -0.4 is 5.73 Å². The highest BCUT2D eigenvalue weighted by Gasteiger charge is 2.31.